The SMILES string of the molecule is COC1/C=C/C=C(/C)C(=O)NC2=CC(=O)C(NCCCCCCN)=C(C[C@@H](C)CC(OC)[C@H](O)[C@@H](C)/C=C(\C)[C@@H]1OC(N)=O)C2=O.Cl. The van der Waals surface area contributed by atoms with Gasteiger partial charge in [0, 0.05) is 43.9 Å². The number of hydrogen-bond donors (Lipinski definition) is 5. The highest BCUT2D eigenvalue weighted by Gasteiger charge is 2.33. The number of carbonyl (C=O) groups excluding carboxylic acids is 4. The van der Waals surface area contributed by atoms with Gasteiger partial charge in [-0.25, -0.2) is 4.79 Å². The molecule has 2 unspecified atom stereocenters. The zero-order chi connectivity index (χ0) is 34.4. The van der Waals surface area contributed by atoms with Crippen molar-refractivity contribution in [3.63, 3.8) is 0 Å². The highest BCUT2D eigenvalue weighted by molar-refractivity contribution is 6.23. The lowest BCUT2D eigenvalue weighted by molar-refractivity contribution is -0.120. The minimum atomic E-state index is -0.997. The van der Waals surface area contributed by atoms with E-state index in [1.54, 1.807) is 32.1 Å². The summed E-state index contributed by atoms with van der Waals surface area (Å²) < 4.78 is 16.7. The number of allylic oxidation sites excluding steroid dienone is 4. The molecule has 0 aromatic heterocycles. The van der Waals surface area contributed by atoms with Crippen LogP contribution in [0.1, 0.15) is 66.2 Å². The number of hydrogen-bond acceptors (Lipinski definition) is 10. The van der Waals surface area contributed by atoms with Crippen molar-refractivity contribution in [2.45, 2.75) is 90.6 Å². The van der Waals surface area contributed by atoms with Gasteiger partial charge in [-0.05, 0) is 57.6 Å². The Morgan fingerprint density at radius 3 is 2.38 bits per heavy atom. The van der Waals surface area contributed by atoms with Crippen LogP contribution >= 0.6 is 12.4 Å². The number of nitrogens with two attached hydrogens (primary N) is 2. The Morgan fingerprint density at radius 2 is 1.77 bits per heavy atom. The highest BCUT2D eigenvalue weighted by Crippen LogP contribution is 2.29. The van der Waals surface area contributed by atoms with E-state index in [4.69, 9.17) is 25.7 Å². The second kappa shape index (κ2) is 20.8. The number of aliphatic hydroxyl groups excluding tert-OH is 1. The van der Waals surface area contributed by atoms with Gasteiger partial charge in [0.15, 0.2) is 6.10 Å². The van der Waals surface area contributed by atoms with Gasteiger partial charge in [0.25, 0.3) is 5.91 Å². The number of Topliss-reactive ketones (excluding diaryl/α,β-unsaturated/α-hetero) is 1. The predicted octanol–water partition coefficient (Wildman–Crippen LogP) is 3.29. The van der Waals surface area contributed by atoms with Crippen molar-refractivity contribution < 1.29 is 38.5 Å². The van der Waals surface area contributed by atoms with E-state index in [0.717, 1.165) is 31.8 Å². The molecule has 0 aromatic carbocycles. The van der Waals surface area contributed by atoms with Crippen LogP contribution in [0.5, 0.6) is 0 Å². The first-order chi connectivity index (χ1) is 21.8. The number of rotatable bonds is 10. The topological polar surface area (TPSA) is 192 Å². The van der Waals surface area contributed by atoms with Crippen molar-refractivity contribution in [2.24, 2.45) is 23.3 Å². The molecule has 0 saturated carbocycles. The molecule has 12 nitrogen and oxygen atoms in total. The number of halogens is 1. The van der Waals surface area contributed by atoms with Gasteiger partial charge in [-0.2, -0.15) is 0 Å². The molecule has 0 radical (unpaired) electrons. The van der Waals surface area contributed by atoms with Gasteiger partial charge in [-0.1, -0.05) is 51.0 Å². The molecule has 7 N–H and O–H groups in total. The van der Waals surface area contributed by atoms with E-state index in [-0.39, 0.29) is 47.3 Å². The number of aliphatic hydroxyl groups is 1. The van der Waals surface area contributed by atoms with Crippen molar-refractivity contribution >= 4 is 36.0 Å². The molecular weight excluding hydrogens is 628 g/mol. The van der Waals surface area contributed by atoms with Gasteiger partial charge >= 0.3 is 6.09 Å². The molecule has 2 rings (SSSR count). The van der Waals surface area contributed by atoms with Gasteiger partial charge in [-0.3, -0.25) is 14.4 Å². The maximum absolute atomic E-state index is 13.8. The van der Waals surface area contributed by atoms with Gasteiger partial charge < -0.3 is 41.4 Å². The summed E-state index contributed by atoms with van der Waals surface area (Å²) in [6.07, 6.45) is 7.54. The van der Waals surface area contributed by atoms with Crippen molar-refractivity contribution in [3.05, 3.63) is 58.5 Å². The maximum atomic E-state index is 13.8. The summed E-state index contributed by atoms with van der Waals surface area (Å²) in [7, 11) is 2.94. The number of methoxy groups -OCH3 is 2. The van der Waals surface area contributed by atoms with Crippen LogP contribution < -0.4 is 22.1 Å². The van der Waals surface area contributed by atoms with Crippen LogP contribution in [-0.2, 0) is 28.6 Å². The van der Waals surface area contributed by atoms with E-state index >= 15 is 0 Å². The van der Waals surface area contributed by atoms with Crippen LogP contribution in [0.15, 0.2) is 58.5 Å². The number of ketones is 2. The number of amides is 2. The Bertz CT molecular complexity index is 1260. The number of carbonyl (C=O) groups is 4. The Morgan fingerprint density at radius 1 is 1.09 bits per heavy atom. The van der Waals surface area contributed by atoms with E-state index in [9.17, 15) is 24.3 Å². The lowest BCUT2D eigenvalue weighted by Crippen LogP contribution is -2.38. The highest BCUT2D eigenvalue weighted by atomic mass is 35.5. The molecule has 1 aliphatic heterocycles. The average molecular weight is 681 g/mol. The first-order valence-electron chi connectivity index (χ1n) is 15.9. The molecule has 0 spiro atoms. The van der Waals surface area contributed by atoms with E-state index in [1.165, 1.54) is 20.3 Å². The number of ether oxygens (including phenoxy) is 3. The Hall–Kier alpha value is -3.29. The molecule has 1 heterocycles. The molecule has 47 heavy (non-hydrogen) atoms. The van der Waals surface area contributed by atoms with Crippen molar-refractivity contribution in [1.82, 2.24) is 10.6 Å². The van der Waals surface area contributed by atoms with Gasteiger partial charge in [0.1, 0.15) is 6.10 Å². The Kier molecular flexibility index (Phi) is 18.5. The third-order valence-corrected chi connectivity index (χ3v) is 8.23. The summed E-state index contributed by atoms with van der Waals surface area (Å²) in [6.45, 7) is 8.17. The molecule has 0 fully saturated rings. The van der Waals surface area contributed by atoms with E-state index in [1.807, 2.05) is 13.8 Å². The van der Waals surface area contributed by atoms with Gasteiger partial charge in [-0.15, -0.1) is 12.4 Å². The fourth-order valence-electron chi connectivity index (χ4n) is 5.61. The maximum Gasteiger partial charge on any atom is 0.405 e. The first-order valence-corrected chi connectivity index (χ1v) is 15.9. The third kappa shape index (κ3) is 12.7. The number of nitrogens with one attached hydrogen (secondary N) is 2. The van der Waals surface area contributed by atoms with E-state index in [2.05, 4.69) is 10.6 Å². The van der Waals surface area contributed by atoms with E-state index < -0.39 is 53.9 Å². The second-order valence-electron chi connectivity index (χ2n) is 12.1. The summed E-state index contributed by atoms with van der Waals surface area (Å²) in [5.74, 6) is -2.04. The molecule has 0 aromatic rings. The van der Waals surface area contributed by atoms with Crippen LogP contribution in [0.25, 0.3) is 0 Å². The van der Waals surface area contributed by atoms with Crippen molar-refractivity contribution in [3.8, 4) is 0 Å². The van der Waals surface area contributed by atoms with Crippen LogP contribution in [0.2, 0.25) is 0 Å². The Balaban J connectivity index is 0.0000110. The minimum absolute atomic E-state index is 0. The molecule has 2 aliphatic rings. The number of fused-ring (bicyclic) bond motifs is 2. The van der Waals surface area contributed by atoms with Crippen LogP contribution in [0.4, 0.5) is 4.79 Å². The van der Waals surface area contributed by atoms with E-state index in [0.29, 0.717) is 25.1 Å². The predicted molar refractivity (Wildman–Crippen MR) is 182 cm³/mol. The van der Waals surface area contributed by atoms with Gasteiger partial charge in [0.05, 0.1) is 23.6 Å². The normalized spacial score (nSPS) is 29.4. The standard InChI is InChI=1S/C34H52N4O8.ClH/c1-20-16-24-29(37-15-10-8-7-9-14-35)26(39)19-25(31(24)41)38-33(42)21(2)12-11-13-27(44-5)32(46-34(36)43)23(4)18-22(3)30(40)28(17-20)45-6;/h11-13,18-20,22,27-28,30,32,37,40H,7-10,14-17,35H2,1-6H3,(H2,36,43)(H,38,42);1H/b13-11+,21-12-,23-18+;/t20-,22+,27?,28?,30-,32+;/m1./s1. The van der Waals surface area contributed by atoms with Crippen LogP contribution in [0.3, 0.4) is 0 Å². The Labute approximate surface area is 284 Å². The lowest BCUT2D eigenvalue weighted by Gasteiger charge is -2.30. The molecule has 1 aliphatic carbocycles. The molecular formula is C34H53ClN4O8. The molecule has 2 bridgehead atoms. The zero-order valence-electron chi connectivity index (χ0n) is 28.4. The number of primary amides is 1. The molecule has 264 valence electrons. The molecule has 13 heteroatoms. The molecule has 6 atom stereocenters. The smallest absolute Gasteiger partial charge is 0.405 e. The zero-order valence-corrected chi connectivity index (χ0v) is 29.2. The summed E-state index contributed by atoms with van der Waals surface area (Å²) in [5, 5.41) is 17.1. The van der Waals surface area contributed by atoms with Crippen molar-refractivity contribution in [2.75, 3.05) is 27.3 Å². The summed E-state index contributed by atoms with van der Waals surface area (Å²) in [6, 6.07) is 0. The number of unbranched alkanes of at least 4 members (excludes halogenated alkanes) is 3. The average Bonchev–Trinajstić information content (AvgIpc) is 3.01. The van der Waals surface area contributed by atoms with Crippen molar-refractivity contribution in [1.29, 1.82) is 0 Å². The van der Waals surface area contributed by atoms with Gasteiger partial charge in [0.2, 0.25) is 11.6 Å². The first kappa shape index (κ1) is 41.7. The second-order valence-corrected chi connectivity index (χ2v) is 12.1. The molecule has 0 saturated heterocycles. The third-order valence-electron chi connectivity index (χ3n) is 8.23. The summed E-state index contributed by atoms with van der Waals surface area (Å²) in [4.78, 5) is 52.0. The minimum Gasteiger partial charge on any atom is -0.439 e. The largest absolute Gasteiger partial charge is 0.439 e. The quantitative estimate of drug-likeness (QED) is 0.130. The summed E-state index contributed by atoms with van der Waals surface area (Å²) in [5.41, 5.74) is 12.2. The molecule has 2 amide bonds. The monoisotopic (exact) mass is 680 g/mol. The summed E-state index contributed by atoms with van der Waals surface area (Å²) >= 11 is 0. The van der Waals surface area contributed by atoms with Crippen LogP contribution in [-0.4, -0.2) is 80.4 Å². The lowest BCUT2D eigenvalue weighted by atomic mass is 9.85. The fourth-order valence-corrected chi connectivity index (χ4v) is 5.61. The van der Waals surface area contributed by atoms with Crippen LogP contribution in [0, 0.1) is 11.8 Å². The fraction of sp³-hybridized carbons (Fsp3) is 0.588.